The maximum Gasteiger partial charge on any atom is 0.336 e. The molecule has 148 valence electrons. The highest BCUT2D eigenvalue weighted by molar-refractivity contribution is 5.94. The predicted molar refractivity (Wildman–Crippen MR) is 108 cm³/mol. The molecule has 0 saturated carbocycles. The van der Waals surface area contributed by atoms with Crippen LogP contribution in [0.1, 0.15) is 24.0 Å². The Balaban J connectivity index is 2.35. The number of aromatic nitrogens is 2. The van der Waals surface area contributed by atoms with E-state index >= 15 is 0 Å². The summed E-state index contributed by atoms with van der Waals surface area (Å²) in [6, 6.07) is 7.62. The van der Waals surface area contributed by atoms with Crippen LogP contribution in [0, 0.1) is 0 Å². The number of esters is 1. The van der Waals surface area contributed by atoms with Gasteiger partial charge >= 0.3 is 11.7 Å². The maximum atomic E-state index is 13.0. The number of benzene rings is 1. The van der Waals surface area contributed by atoms with Gasteiger partial charge in [0.25, 0.3) is 5.56 Å². The van der Waals surface area contributed by atoms with Crippen molar-refractivity contribution in [1.29, 1.82) is 0 Å². The van der Waals surface area contributed by atoms with E-state index in [4.69, 9.17) is 4.74 Å². The van der Waals surface area contributed by atoms with Gasteiger partial charge in [-0.25, -0.2) is 9.59 Å². The Bertz CT molecular complexity index is 1090. The van der Waals surface area contributed by atoms with Gasteiger partial charge in [-0.3, -0.25) is 13.9 Å². The molecular weight excluding hydrogens is 360 g/mol. The van der Waals surface area contributed by atoms with Crippen molar-refractivity contribution < 1.29 is 9.53 Å². The first kappa shape index (κ1) is 19.5. The lowest BCUT2D eigenvalue weighted by Crippen LogP contribution is -2.43. The average molecular weight is 384 g/mol. The summed E-state index contributed by atoms with van der Waals surface area (Å²) in [5, 5.41) is 3.05. The van der Waals surface area contributed by atoms with Gasteiger partial charge in [-0.05, 0) is 24.6 Å². The lowest BCUT2D eigenvalue weighted by atomic mass is 9.82. The number of allylic oxidation sites excluding steroid dienone is 1. The third kappa shape index (κ3) is 2.90. The summed E-state index contributed by atoms with van der Waals surface area (Å²) < 4.78 is 7.43. The van der Waals surface area contributed by atoms with Crippen molar-refractivity contribution in [3.63, 3.8) is 0 Å². The summed E-state index contributed by atoms with van der Waals surface area (Å²) in [5.74, 6) is -0.779. The molecule has 1 atom stereocenters. The molecule has 0 saturated heterocycles. The number of rotatable bonds is 3. The molecule has 3 rings (SSSR count). The zero-order chi connectivity index (χ0) is 20.7. The highest BCUT2D eigenvalue weighted by Crippen LogP contribution is 2.40. The number of fused-ring (bicyclic) bond motifs is 1. The minimum atomic E-state index is -0.648. The largest absolute Gasteiger partial charge is 0.466 e. The average Bonchev–Trinajstić information content (AvgIpc) is 2.69. The number of carbonyl (C=O) groups excluding carboxylic acids is 1. The van der Waals surface area contributed by atoms with Gasteiger partial charge in [-0.2, -0.15) is 0 Å². The first-order valence-corrected chi connectivity index (χ1v) is 8.82. The van der Waals surface area contributed by atoms with Crippen molar-refractivity contribution in [1.82, 2.24) is 9.13 Å². The molecule has 1 aliphatic heterocycles. The van der Waals surface area contributed by atoms with Crippen LogP contribution >= 0.6 is 0 Å². The molecule has 8 nitrogen and oxygen atoms in total. The first-order valence-electron chi connectivity index (χ1n) is 8.82. The third-order valence-corrected chi connectivity index (χ3v) is 5.13. The highest BCUT2D eigenvalue weighted by atomic mass is 16.5. The molecule has 1 aliphatic rings. The van der Waals surface area contributed by atoms with Gasteiger partial charge in [-0.1, -0.05) is 12.1 Å². The van der Waals surface area contributed by atoms with E-state index in [-0.39, 0.29) is 0 Å². The van der Waals surface area contributed by atoms with E-state index in [1.807, 2.05) is 43.3 Å². The number of ether oxygens (including phenoxy) is 1. The summed E-state index contributed by atoms with van der Waals surface area (Å²) in [6.45, 7) is 1.73. The Hall–Kier alpha value is -3.29. The summed E-state index contributed by atoms with van der Waals surface area (Å²) in [5.41, 5.74) is 2.12. The molecule has 0 aliphatic carbocycles. The van der Waals surface area contributed by atoms with Crippen molar-refractivity contribution >= 4 is 17.5 Å². The second kappa shape index (κ2) is 7.03. The molecule has 1 aromatic carbocycles. The van der Waals surface area contributed by atoms with Gasteiger partial charge in [0.1, 0.15) is 5.82 Å². The Morgan fingerprint density at radius 1 is 1.11 bits per heavy atom. The van der Waals surface area contributed by atoms with Gasteiger partial charge in [0.15, 0.2) is 0 Å². The van der Waals surface area contributed by atoms with Crippen molar-refractivity contribution in [2.24, 2.45) is 14.1 Å². The van der Waals surface area contributed by atoms with Crippen LogP contribution in [0.15, 0.2) is 45.1 Å². The van der Waals surface area contributed by atoms with Crippen molar-refractivity contribution in [2.75, 3.05) is 31.4 Å². The van der Waals surface area contributed by atoms with Crippen LogP contribution in [-0.4, -0.2) is 36.3 Å². The molecule has 1 aromatic heterocycles. The number of nitrogens with zero attached hydrogens (tertiary/aromatic N) is 3. The molecule has 0 bridgehead atoms. The molecule has 28 heavy (non-hydrogen) atoms. The summed E-state index contributed by atoms with van der Waals surface area (Å²) in [6.07, 6.45) is 0. The number of hydrogen-bond acceptors (Lipinski definition) is 6. The molecule has 0 spiro atoms. The minimum absolute atomic E-state index is 0.341. The van der Waals surface area contributed by atoms with Crippen molar-refractivity contribution in [3.8, 4) is 0 Å². The molecule has 0 fully saturated rings. The molecule has 8 heteroatoms. The number of carbonyl (C=O) groups is 1. The van der Waals surface area contributed by atoms with Crippen LogP contribution in [0.25, 0.3) is 0 Å². The lowest BCUT2D eigenvalue weighted by Gasteiger charge is -2.30. The van der Waals surface area contributed by atoms with Crippen LogP contribution in [-0.2, 0) is 23.6 Å². The quantitative estimate of drug-likeness (QED) is 0.800. The topological polar surface area (TPSA) is 85.6 Å². The second-order valence-electron chi connectivity index (χ2n) is 7.04. The van der Waals surface area contributed by atoms with Crippen LogP contribution in [0.2, 0.25) is 0 Å². The Morgan fingerprint density at radius 2 is 1.71 bits per heavy atom. The van der Waals surface area contributed by atoms with Crippen LogP contribution in [0.5, 0.6) is 0 Å². The molecule has 1 N–H and O–H groups in total. The van der Waals surface area contributed by atoms with Crippen molar-refractivity contribution in [2.45, 2.75) is 12.8 Å². The van der Waals surface area contributed by atoms with Gasteiger partial charge in [-0.15, -0.1) is 0 Å². The van der Waals surface area contributed by atoms with Crippen LogP contribution in [0.4, 0.5) is 11.5 Å². The van der Waals surface area contributed by atoms with E-state index in [1.54, 1.807) is 14.0 Å². The van der Waals surface area contributed by atoms with Gasteiger partial charge < -0.3 is 15.0 Å². The van der Waals surface area contributed by atoms with Crippen LogP contribution < -0.4 is 21.5 Å². The molecule has 0 radical (unpaired) electrons. The molecule has 2 heterocycles. The standard InChI is InChI=1S/C20H24N4O4/c1-11-14(19(26)28-6)15(12-7-9-13(10-8-12)22(2)3)16-17(21-11)23(4)20(27)24(5)18(16)25/h7-10,15,21H,1-6H3/t15-/m1/s1. The SMILES string of the molecule is COC(=O)C1=C(C)Nc2c(c(=O)n(C)c(=O)n2C)[C@@H]1c1ccc(N(C)C)cc1. The highest BCUT2D eigenvalue weighted by Gasteiger charge is 2.37. The Labute approximate surface area is 162 Å². The molecule has 0 unspecified atom stereocenters. The minimum Gasteiger partial charge on any atom is -0.466 e. The normalized spacial score (nSPS) is 15.7. The summed E-state index contributed by atoms with van der Waals surface area (Å²) in [4.78, 5) is 40.0. The van der Waals surface area contributed by atoms with E-state index in [0.717, 1.165) is 15.8 Å². The van der Waals surface area contributed by atoms with Gasteiger partial charge in [0.2, 0.25) is 0 Å². The van der Waals surface area contributed by atoms with Crippen LogP contribution in [0.3, 0.4) is 0 Å². The lowest BCUT2D eigenvalue weighted by molar-refractivity contribution is -0.136. The zero-order valence-corrected chi connectivity index (χ0v) is 16.9. The van der Waals surface area contributed by atoms with E-state index < -0.39 is 23.1 Å². The fourth-order valence-electron chi connectivity index (χ4n) is 3.57. The monoisotopic (exact) mass is 384 g/mol. The van der Waals surface area contributed by atoms with E-state index in [9.17, 15) is 14.4 Å². The van der Waals surface area contributed by atoms with Crippen molar-refractivity contribution in [3.05, 3.63) is 67.5 Å². The number of methoxy groups -OCH3 is 1. The number of hydrogen-bond donors (Lipinski definition) is 1. The third-order valence-electron chi connectivity index (χ3n) is 5.13. The fraction of sp³-hybridized carbons (Fsp3) is 0.350. The van der Waals surface area contributed by atoms with E-state index in [2.05, 4.69) is 5.32 Å². The zero-order valence-electron chi connectivity index (χ0n) is 16.9. The molecule has 2 aromatic rings. The molecular formula is C20H24N4O4. The van der Waals surface area contributed by atoms with Gasteiger partial charge in [0.05, 0.1) is 24.2 Å². The Kier molecular flexibility index (Phi) is 4.89. The first-order chi connectivity index (χ1) is 13.2. The summed E-state index contributed by atoms with van der Waals surface area (Å²) in [7, 11) is 8.20. The maximum absolute atomic E-state index is 13.0. The second-order valence-corrected chi connectivity index (χ2v) is 7.04. The predicted octanol–water partition coefficient (Wildman–Crippen LogP) is 1.15. The fourth-order valence-corrected chi connectivity index (χ4v) is 3.57. The Morgan fingerprint density at radius 3 is 2.25 bits per heavy atom. The molecule has 0 amide bonds. The smallest absolute Gasteiger partial charge is 0.336 e. The van der Waals surface area contributed by atoms with Gasteiger partial charge in [0, 0.05) is 39.6 Å². The number of nitrogens with one attached hydrogen (secondary N) is 1. The van der Waals surface area contributed by atoms with E-state index in [0.29, 0.717) is 22.7 Å². The summed E-state index contributed by atoms with van der Waals surface area (Å²) >= 11 is 0. The number of anilines is 2. The van der Waals surface area contributed by atoms with E-state index in [1.165, 1.54) is 18.7 Å².